The molecule has 17 heavy (non-hydrogen) atoms. The summed E-state index contributed by atoms with van der Waals surface area (Å²) in [5.41, 5.74) is 1.07. The molecule has 0 N–H and O–H groups in total. The van der Waals surface area contributed by atoms with Crippen molar-refractivity contribution in [3.63, 3.8) is 0 Å². The summed E-state index contributed by atoms with van der Waals surface area (Å²) in [6.07, 6.45) is 1.62. The average molecular weight is 247 g/mol. The van der Waals surface area contributed by atoms with E-state index in [-0.39, 0.29) is 5.00 Å². The van der Waals surface area contributed by atoms with E-state index in [0.717, 1.165) is 11.3 Å². The number of oxazole rings is 1. The fourth-order valence-corrected chi connectivity index (χ4v) is 2.16. The number of hydrogen-bond donors (Lipinski definition) is 0. The Morgan fingerprint density at radius 1 is 1.35 bits per heavy atom. The van der Waals surface area contributed by atoms with Gasteiger partial charge in [-0.2, -0.15) is 4.98 Å². The summed E-state index contributed by atoms with van der Waals surface area (Å²) in [5.74, 6) is 0.358. The third kappa shape index (κ3) is 1.66. The maximum Gasteiger partial charge on any atom is 0.324 e. The van der Waals surface area contributed by atoms with Gasteiger partial charge >= 0.3 is 5.00 Å². The highest BCUT2D eigenvalue weighted by Crippen LogP contribution is 2.33. The standard InChI is InChI=1S/C10H5N3O3S/c14-13(15)8-4-3-7(17-8)10-12-9-6(16-10)2-1-5-11-9/h1-5H. The van der Waals surface area contributed by atoms with Crippen LogP contribution >= 0.6 is 11.3 Å². The molecule has 0 aliphatic carbocycles. The van der Waals surface area contributed by atoms with Crippen molar-refractivity contribution in [2.24, 2.45) is 0 Å². The molecule has 3 heterocycles. The summed E-state index contributed by atoms with van der Waals surface area (Å²) in [6.45, 7) is 0. The Morgan fingerprint density at radius 3 is 2.94 bits per heavy atom. The molecule has 0 saturated carbocycles. The number of fused-ring (bicyclic) bond motifs is 1. The summed E-state index contributed by atoms with van der Waals surface area (Å²) < 4.78 is 5.46. The topological polar surface area (TPSA) is 82.1 Å². The molecule has 0 aliphatic rings. The molecule has 0 unspecified atom stereocenters. The van der Waals surface area contributed by atoms with Crippen LogP contribution in [0.1, 0.15) is 0 Å². The Kier molecular flexibility index (Phi) is 2.12. The van der Waals surface area contributed by atoms with Crippen LogP contribution in [0.15, 0.2) is 34.9 Å². The second kappa shape index (κ2) is 3.63. The number of thiophene rings is 1. The zero-order valence-corrected chi connectivity index (χ0v) is 9.18. The Morgan fingerprint density at radius 2 is 2.24 bits per heavy atom. The number of aromatic nitrogens is 2. The van der Waals surface area contributed by atoms with E-state index in [1.807, 2.05) is 0 Å². The normalized spacial score (nSPS) is 10.8. The lowest BCUT2D eigenvalue weighted by Gasteiger charge is -1.84. The summed E-state index contributed by atoms with van der Waals surface area (Å²) in [6, 6.07) is 6.55. The number of rotatable bonds is 2. The lowest BCUT2D eigenvalue weighted by molar-refractivity contribution is -0.380. The molecule has 6 nitrogen and oxygen atoms in total. The van der Waals surface area contributed by atoms with Crippen LogP contribution < -0.4 is 0 Å². The molecule has 7 heteroatoms. The van der Waals surface area contributed by atoms with E-state index in [1.165, 1.54) is 6.07 Å². The molecule has 0 saturated heterocycles. The molecule has 0 spiro atoms. The van der Waals surface area contributed by atoms with Crippen LogP contribution in [0.2, 0.25) is 0 Å². The monoisotopic (exact) mass is 247 g/mol. The van der Waals surface area contributed by atoms with E-state index in [2.05, 4.69) is 9.97 Å². The van der Waals surface area contributed by atoms with Gasteiger partial charge in [0.25, 0.3) is 0 Å². The lowest BCUT2D eigenvalue weighted by atomic mass is 10.4. The Balaban J connectivity index is 2.10. The molecule has 3 aromatic rings. The predicted molar refractivity (Wildman–Crippen MR) is 61.8 cm³/mol. The average Bonchev–Trinajstić information content (AvgIpc) is 2.95. The first kappa shape index (κ1) is 9.91. The van der Waals surface area contributed by atoms with Crippen LogP contribution in [-0.4, -0.2) is 14.9 Å². The predicted octanol–water partition coefficient (Wildman–Crippen LogP) is 2.86. The number of nitrogens with zero attached hydrogens (tertiary/aromatic N) is 3. The molecule has 0 atom stereocenters. The molecule has 3 aromatic heterocycles. The second-order valence-corrected chi connectivity index (χ2v) is 4.30. The molecule has 0 bridgehead atoms. The Bertz CT molecular complexity index is 670. The quantitative estimate of drug-likeness (QED) is 0.513. The van der Waals surface area contributed by atoms with Crippen LogP contribution in [0.4, 0.5) is 5.00 Å². The van der Waals surface area contributed by atoms with Crippen molar-refractivity contribution >= 4 is 27.6 Å². The zero-order chi connectivity index (χ0) is 11.8. The second-order valence-electron chi connectivity index (χ2n) is 3.24. The Hall–Kier alpha value is -2.28. The number of pyridine rings is 1. The van der Waals surface area contributed by atoms with Crippen LogP contribution in [0.25, 0.3) is 22.0 Å². The molecule has 84 valence electrons. The lowest BCUT2D eigenvalue weighted by Crippen LogP contribution is -1.80. The van der Waals surface area contributed by atoms with Crippen molar-refractivity contribution in [2.75, 3.05) is 0 Å². The minimum atomic E-state index is -0.435. The summed E-state index contributed by atoms with van der Waals surface area (Å²) in [7, 11) is 0. The van der Waals surface area contributed by atoms with Crippen LogP contribution in [-0.2, 0) is 0 Å². The van der Waals surface area contributed by atoms with Gasteiger partial charge in [0, 0.05) is 12.3 Å². The molecule has 0 aliphatic heterocycles. The van der Waals surface area contributed by atoms with Gasteiger partial charge in [0.15, 0.2) is 11.2 Å². The Labute approximate surface area is 98.7 Å². The third-order valence-corrected chi connectivity index (χ3v) is 3.17. The molecule has 3 rings (SSSR count). The summed E-state index contributed by atoms with van der Waals surface area (Å²) >= 11 is 1.03. The van der Waals surface area contributed by atoms with Gasteiger partial charge in [0.1, 0.15) is 0 Å². The highest BCUT2D eigenvalue weighted by Gasteiger charge is 2.15. The highest BCUT2D eigenvalue weighted by molar-refractivity contribution is 7.18. The van der Waals surface area contributed by atoms with Gasteiger partial charge in [-0.25, -0.2) is 4.98 Å². The van der Waals surface area contributed by atoms with Gasteiger partial charge in [-0.15, -0.1) is 0 Å². The van der Waals surface area contributed by atoms with E-state index in [1.54, 1.807) is 24.4 Å². The number of hydrogen-bond acceptors (Lipinski definition) is 6. The van der Waals surface area contributed by atoms with Crippen molar-refractivity contribution < 1.29 is 9.34 Å². The van der Waals surface area contributed by atoms with E-state index in [9.17, 15) is 10.1 Å². The zero-order valence-electron chi connectivity index (χ0n) is 8.36. The first-order valence-electron chi connectivity index (χ1n) is 4.70. The molecular weight excluding hydrogens is 242 g/mol. The summed E-state index contributed by atoms with van der Waals surface area (Å²) in [5, 5.41) is 10.6. The highest BCUT2D eigenvalue weighted by atomic mass is 32.1. The van der Waals surface area contributed by atoms with Gasteiger partial charge in [0.2, 0.25) is 5.89 Å². The SMILES string of the molecule is O=[N+]([O-])c1ccc(-c2nc3ncccc3o2)s1. The van der Waals surface area contributed by atoms with Gasteiger partial charge in [0.05, 0.1) is 9.80 Å². The van der Waals surface area contributed by atoms with Gasteiger partial charge < -0.3 is 4.42 Å². The van der Waals surface area contributed by atoms with Gasteiger partial charge in [-0.05, 0) is 18.2 Å². The third-order valence-electron chi connectivity index (χ3n) is 2.15. The molecular formula is C10H5N3O3S. The van der Waals surface area contributed by atoms with Crippen LogP contribution in [0.5, 0.6) is 0 Å². The van der Waals surface area contributed by atoms with Crippen molar-refractivity contribution in [3.8, 4) is 10.8 Å². The molecule has 0 amide bonds. The van der Waals surface area contributed by atoms with Crippen molar-refractivity contribution in [2.45, 2.75) is 0 Å². The first-order valence-corrected chi connectivity index (χ1v) is 5.52. The van der Waals surface area contributed by atoms with E-state index in [0.29, 0.717) is 22.0 Å². The van der Waals surface area contributed by atoms with Gasteiger partial charge in [-0.3, -0.25) is 10.1 Å². The van der Waals surface area contributed by atoms with Crippen LogP contribution in [0.3, 0.4) is 0 Å². The van der Waals surface area contributed by atoms with E-state index >= 15 is 0 Å². The van der Waals surface area contributed by atoms with Crippen molar-refractivity contribution in [3.05, 3.63) is 40.6 Å². The van der Waals surface area contributed by atoms with Crippen LogP contribution in [0, 0.1) is 10.1 Å². The van der Waals surface area contributed by atoms with Gasteiger partial charge in [-0.1, -0.05) is 11.3 Å². The first-order chi connectivity index (χ1) is 8.24. The number of nitro groups is 1. The molecule has 0 aromatic carbocycles. The summed E-state index contributed by atoms with van der Waals surface area (Å²) in [4.78, 5) is 19.0. The molecule has 0 fully saturated rings. The van der Waals surface area contributed by atoms with Crippen molar-refractivity contribution in [1.29, 1.82) is 0 Å². The largest absolute Gasteiger partial charge is 0.434 e. The fourth-order valence-electron chi connectivity index (χ4n) is 1.42. The fraction of sp³-hybridized carbons (Fsp3) is 0. The van der Waals surface area contributed by atoms with Crippen molar-refractivity contribution in [1.82, 2.24) is 9.97 Å². The minimum absolute atomic E-state index is 0.0650. The molecule has 0 radical (unpaired) electrons. The van der Waals surface area contributed by atoms with E-state index in [4.69, 9.17) is 4.42 Å². The smallest absolute Gasteiger partial charge is 0.324 e. The maximum absolute atomic E-state index is 10.6. The minimum Gasteiger partial charge on any atom is -0.434 e. The maximum atomic E-state index is 10.6. The van der Waals surface area contributed by atoms with E-state index < -0.39 is 4.92 Å².